The minimum atomic E-state index is -0.321. The van der Waals surface area contributed by atoms with E-state index in [1.807, 2.05) is 0 Å². The Kier molecular flexibility index (Phi) is 3.36. The van der Waals surface area contributed by atoms with Gasteiger partial charge >= 0.3 is 0 Å². The second kappa shape index (κ2) is 4.49. The Balaban J connectivity index is 2.42. The molecule has 1 fully saturated rings. The molecule has 6 heteroatoms. The molecule has 1 saturated heterocycles. The van der Waals surface area contributed by atoms with Gasteiger partial charge in [0.2, 0.25) is 0 Å². The summed E-state index contributed by atoms with van der Waals surface area (Å²) in [7, 11) is 1.75. The van der Waals surface area contributed by atoms with Crippen LogP contribution >= 0.6 is 15.9 Å². The van der Waals surface area contributed by atoms with Crippen molar-refractivity contribution in [1.29, 1.82) is 0 Å². The predicted molar refractivity (Wildman–Crippen MR) is 67.8 cm³/mol. The van der Waals surface area contributed by atoms with Gasteiger partial charge in [-0.05, 0) is 34.8 Å². The molecule has 2 heterocycles. The topological polar surface area (TPSA) is 59.8 Å². The first kappa shape index (κ1) is 12.7. The van der Waals surface area contributed by atoms with Crippen molar-refractivity contribution < 1.29 is 4.79 Å². The summed E-state index contributed by atoms with van der Waals surface area (Å²) in [6.45, 7) is 5.83. The fourth-order valence-electron chi connectivity index (χ4n) is 2.47. The highest BCUT2D eigenvalue weighted by Crippen LogP contribution is 2.38. The molecule has 1 N–H and O–H groups in total. The monoisotopic (exact) mass is 300 g/mol. The van der Waals surface area contributed by atoms with Gasteiger partial charge in [-0.3, -0.25) is 4.79 Å². The standard InChI is InChI=1S/C11H17BrN4O/c1-7(2)11(4-5-13-6-11)9(17)8-10(12)14-15-16(8)3/h7,13H,4-6H2,1-3H3. The number of rotatable bonds is 3. The summed E-state index contributed by atoms with van der Waals surface area (Å²) in [5.41, 5.74) is 0.250. The summed E-state index contributed by atoms with van der Waals surface area (Å²) in [4.78, 5) is 12.7. The van der Waals surface area contributed by atoms with Crippen molar-refractivity contribution in [2.24, 2.45) is 18.4 Å². The second-order valence-corrected chi connectivity index (χ2v) is 5.67. The maximum Gasteiger partial charge on any atom is 0.191 e. The number of nitrogens with one attached hydrogen (secondary N) is 1. The molecule has 5 nitrogen and oxygen atoms in total. The lowest BCUT2D eigenvalue weighted by molar-refractivity contribution is 0.0728. The molecule has 1 atom stereocenters. The third-order valence-electron chi connectivity index (χ3n) is 3.75. The Morgan fingerprint density at radius 3 is 2.71 bits per heavy atom. The average Bonchev–Trinajstić information content (AvgIpc) is 2.86. The molecule has 1 aliphatic rings. The molecule has 0 spiro atoms. The maximum atomic E-state index is 12.7. The minimum absolute atomic E-state index is 0.136. The van der Waals surface area contributed by atoms with Crippen molar-refractivity contribution in [2.45, 2.75) is 20.3 Å². The molecular weight excluding hydrogens is 284 g/mol. The quantitative estimate of drug-likeness (QED) is 0.857. The minimum Gasteiger partial charge on any atom is -0.316 e. The zero-order valence-electron chi connectivity index (χ0n) is 10.3. The zero-order valence-corrected chi connectivity index (χ0v) is 11.9. The Bertz CT molecular complexity index is 415. The number of ketones is 1. The van der Waals surface area contributed by atoms with E-state index in [4.69, 9.17) is 0 Å². The molecule has 0 amide bonds. The first-order valence-electron chi connectivity index (χ1n) is 5.80. The van der Waals surface area contributed by atoms with Crippen molar-refractivity contribution in [3.8, 4) is 0 Å². The number of halogens is 1. The smallest absolute Gasteiger partial charge is 0.191 e. The van der Waals surface area contributed by atoms with E-state index in [-0.39, 0.29) is 11.2 Å². The third kappa shape index (κ3) is 1.93. The number of aryl methyl sites for hydroxylation is 1. The van der Waals surface area contributed by atoms with E-state index in [0.29, 0.717) is 16.2 Å². The lowest BCUT2D eigenvalue weighted by atomic mass is 9.72. The van der Waals surface area contributed by atoms with Gasteiger partial charge in [-0.15, -0.1) is 5.10 Å². The van der Waals surface area contributed by atoms with Crippen LogP contribution in [0.5, 0.6) is 0 Å². The van der Waals surface area contributed by atoms with Crippen molar-refractivity contribution in [2.75, 3.05) is 13.1 Å². The number of carbonyl (C=O) groups excluding carboxylic acids is 1. The lowest BCUT2D eigenvalue weighted by Crippen LogP contribution is -2.39. The van der Waals surface area contributed by atoms with E-state index in [9.17, 15) is 4.79 Å². The Morgan fingerprint density at radius 2 is 2.29 bits per heavy atom. The summed E-state index contributed by atoms with van der Waals surface area (Å²) in [5.74, 6) is 0.434. The number of hydrogen-bond acceptors (Lipinski definition) is 4. The number of Topliss-reactive ketones (excluding diaryl/α,β-unsaturated/α-hetero) is 1. The van der Waals surface area contributed by atoms with E-state index in [1.54, 1.807) is 11.7 Å². The fraction of sp³-hybridized carbons (Fsp3) is 0.727. The van der Waals surface area contributed by atoms with Gasteiger partial charge in [-0.2, -0.15) is 0 Å². The van der Waals surface area contributed by atoms with Crippen LogP contribution in [-0.4, -0.2) is 33.9 Å². The summed E-state index contributed by atoms with van der Waals surface area (Å²) in [5, 5.41) is 11.1. The molecule has 0 aliphatic carbocycles. The first-order chi connectivity index (χ1) is 7.99. The van der Waals surface area contributed by atoms with Gasteiger partial charge in [-0.25, -0.2) is 4.68 Å². The van der Waals surface area contributed by atoms with Gasteiger partial charge in [0.05, 0.1) is 5.41 Å². The van der Waals surface area contributed by atoms with Gasteiger partial charge in [-0.1, -0.05) is 19.1 Å². The van der Waals surface area contributed by atoms with Crippen molar-refractivity contribution in [3.05, 3.63) is 10.3 Å². The Morgan fingerprint density at radius 1 is 1.59 bits per heavy atom. The number of carbonyl (C=O) groups is 1. The van der Waals surface area contributed by atoms with Gasteiger partial charge in [0.25, 0.3) is 0 Å². The van der Waals surface area contributed by atoms with Crippen LogP contribution in [0.1, 0.15) is 30.8 Å². The number of aromatic nitrogens is 3. The van der Waals surface area contributed by atoms with Crippen LogP contribution < -0.4 is 5.32 Å². The van der Waals surface area contributed by atoms with Crippen LogP contribution in [-0.2, 0) is 7.05 Å². The highest BCUT2D eigenvalue weighted by Gasteiger charge is 2.45. The van der Waals surface area contributed by atoms with E-state index in [1.165, 1.54) is 0 Å². The van der Waals surface area contributed by atoms with Crippen LogP contribution in [0.25, 0.3) is 0 Å². The molecule has 1 aromatic heterocycles. The lowest BCUT2D eigenvalue weighted by Gasteiger charge is -2.30. The molecular formula is C11H17BrN4O. The molecule has 1 unspecified atom stereocenters. The normalized spacial score (nSPS) is 24.5. The van der Waals surface area contributed by atoms with Gasteiger partial charge in [0, 0.05) is 13.6 Å². The van der Waals surface area contributed by atoms with Gasteiger partial charge in [0.15, 0.2) is 10.4 Å². The molecule has 1 aromatic rings. The third-order valence-corrected chi connectivity index (χ3v) is 4.28. The summed E-state index contributed by atoms with van der Waals surface area (Å²) < 4.78 is 2.09. The summed E-state index contributed by atoms with van der Waals surface area (Å²) in [6, 6.07) is 0. The van der Waals surface area contributed by atoms with E-state index < -0.39 is 0 Å². The highest BCUT2D eigenvalue weighted by atomic mass is 79.9. The highest BCUT2D eigenvalue weighted by molar-refractivity contribution is 9.10. The van der Waals surface area contributed by atoms with Gasteiger partial charge in [0.1, 0.15) is 5.69 Å². The largest absolute Gasteiger partial charge is 0.316 e. The predicted octanol–water partition coefficient (Wildman–Crippen LogP) is 1.40. The van der Waals surface area contributed by atoms with Crippen molar-refractivity contribution in [3.63, 3.8) is 0 Å². The molecule has 0 bridgehead atoms. The van der Waals surface area contributed by atoms with Crippen LogP contribution in [0.15, 0.2) is 4.60 Å². The number of hydrogen-bond donors (Lipinski definition) is 1. The molecule has 1 aliphatic heterocycles. The summed E-state index contributed by atoms with van der Waals surface area (Å²) >= 11 is 3.30. The van der Waals surface area contributed by atoms with Gasteiger partial charge < -0.3 is 5.32 Å². The fourth-order valence-corrected chi connectivity index (χ4v) is 2.98. The van der Waals surface area contributed by atoms with Crippen LogP contribution in [0, 0.1) is 11.3 Å². The molecule has 0 aromatic carbocycles. The molecule has 2 rings (SSSR count). The first-order valence-corrected chi connectivity index (χ1v) is 6.59. The average molecular weight is 301 g/mol. The second-order valence-electron chi connectivity index (χ2n) is 4.92. The van der Waals surface area contributed by atoms with E-state index in [0.717, 1.165) is 19.5 Å². The molecule has 0 radical (unpaired) electrons. The number of nitrogens with zero attached hydrogens (tertiary/aromatic N) is 3. The van der Waals surface area contributed by atoms with Crippen LogP contribution in [0.4, 0.5) is 0 Å². The molecule has 94 valence electrons. The van der Waals surface area contributed by atoms with Crippen molar-refractivity contribution >= 4 is 21.7 Å². The zero-order chi connectivity index (χ0) is 12.6. The maximum absolute atomic E-state index is 12.7. The Hall–Kier alpha value is -0.750. The molecule has 0 saturated carbocycles. The molecule has 17 heavy (non-hydrogen) atoms. The SMILES string of the molecule is CC(C)C1(C(=O)c2c(Br)nnn2C)CCNC1. The van der Waals surface area contributed by atoms with E-state index in [2.05, 4.69) is 45.4 Å². The van der Waals surface area contributed by atoms with Crippen molar-refractivity contribution in [1.82, 2.24) is 20.3 Å². The van der Waals surface area contributed by atoms with Crippen LogP contribution in [0.2, 0.25) is 0 Å². The summed E-state index contributed by atoms with van der Waals surface area (Å²) in [6.07, 6.45) is 0.876. The Labute approximate surface area is 109 Å². The van der Waals surface area contributed by atoms with Crippen LogP contribution in [0.3, 0.4) is 0 Å². The van der Waals surface area contributed by atoms with E-state index >= 15 is 0 Å².